The van der Waals surface area contributed by atoms with Crippen LogP contribution in [0.15, 0.2) is 121 Å². The molecule has 2 heteroatoms. The first-order valence-electron chi connectivity index (χ1n) is 18.6. The zero-order valence-corrected chi connectivity index (χ0v) is 29.5. The van der Waals surface area contributed by atoms with Crippen molar-refractivity contribution in [3.05, 3.63) is 145 Å². The average molecular weight is 651 g/mol. The molecule has 0 amide bonds. The highest BCUT2D eigenvalue weighted by Crippen LogP contribution is 2.38. The Labute approximate surface area is 298 Å². The number of aryl methyl sites for hydroxylation is 2. The van der Waals surface area contributed by atoms with Gasteiger partial charge in [0.1, 0.15) is 0 Å². The molecule has 248 valence electrons. The summed E-state index contributed by atoms with van der Waals surface area (Å²) in [6.07, 6.45) is 12.3. The number of unbranched alkanes of at least 4 members (excludes halogenated alkanes) is 6. The molecule has 0 saturated heterocycles. The second kappa shape index (κ2) is 16.0. The van der Waals surface area contributed by atoms with Gasteiger partial charge in [-0.2, -0.15) is 0 Å². The van der Waals surface area contributed by atoms with Crippen molar-refractivity contribution in [2.75, 3.05) is 0 Å². The number of hydrogen-bond acceptors (Lipinski definition) is 2. The van der Waals surface area contributed by atoms with Crippen LogP contribution in [-0.4, -0.2) is 9.97 Å². The lowest BCUT2D eigenvalue weighted by Crippen LogP contribution is -1.94. The van der Waals surface area contributed by atoms with Gasteiger partial charge in [0.25, 0.3) is 0 Å². The SMILES string of the molecule is CCCCCCc1c#cc(-c2cc(-c3ccccc3)c3cc4nc(-c5ccc(CCCCCC)cc5)cc(-c5ccccc5)c4cc3n2)cc1. The molecule has 0 atom stereocenters. The Bertz CT molecular complexity index is 1990. The minimum atomic E-state index is 0.908. The molecule has 5 aromatic carbocycles. The van der Waals surface area contributed by atoms with E-state index >= 15 is 0 Å². The summed E-state index contributed by atoms with van der Waals surface area (Å²) in [6.45, 7) is 4.52. The molecule has 0 fully saturated rings. The molecule has 0 bridgehead atoms. The van der Waals surface area contributed by atoms with Crippen LogP contribution in [0.4, 0.5) is 0 Å². The second-order valence-electron chi connectivity index (χ2n) is 13.6. The number of fused-ring (bicyclic) bond motifs is 2. The Morgan fingerprint density at radius 2 is 1.02 bits per heavy atom. The van der Waals surface area contributed by atoms with Crippen LogP contribution >= 0.6 is 0 Å². The largest absolute Gasteiger partial charge is 0.248 e. The molecular weight excluding hydrogens is 605 g/mol. The molecule has 7 aromatic rings. The Morgan fingerprint density at radius 3 is 1.58 bits per heavy atom. The quantitative estimate of drug-likeness (QED) is 0.0864. The van der Waals surface area contributed by atoms with Gasteiger partial charge in [0.05, 0.1) is 28.0 Å². The monoisotopic (exact) mass is 650 g/mol. The highest BCUT2D eigenvalue weighted by atomic mass is 14.7. The smallest absolute Gasteiger partial charge is 0.0800 e. The van der Waals surface area contributed by atoms with Crippen LogP contribution in [-0.2, 0) is 12.8 Å². The van der Waals surface area contributed by atoms with Crippen LogP contribution in [0.2, 0.25) is 0 Å². The fraction of sp³-hybridized carbons (Fsp3) is 0.250. The van der Waals surface area contributed by atoms with E-state index in [1.54, 1.807) is 0 Å². The average Bonchev–Trinajstić information content (AvgIpc) is 3.18. The van der Waals surface area contributed by atoms with Crippen molar-refractivity contribution < 1.29 is 0 Å². The van der Waals surface area contributed by atoms with Gasteiger partial charge in [-0.15, -0.1) is 0 Å². The molecule has 0 aliphatic carbocycles. The molecule has 0 N–H and O–H groups in total. The Balaban J connectivity index is 1.34. The predicted molar refractivity (Wildman–Crippen MR) is 212 cm³/mol. The van der Waals surface area contributed by atoms with E-state index in [0.29, 0.717) is 0 Å². The molecule has 0 unspecified atom stereocenters. The lowest BCUT2D eigenvalue weighted by molar-refractivity contribution is 0.667. The van der Waals surface area contributed by atoms with Crippen molar-refractivity contribution in [2.24, 2.45) is 0 Å². The lowest BCUT2D eigenvalue weighted by Gasteiger charge is -2.15. The first-order valence-corrected chi connectivity index (χ1v) is 18.6. The highest BCUT2D eigenvalue weighted by Gasteiger charge is 2.16. The highest BCUT2D eigenvalue weighted by molar-refractivity contribution is 6.08. The molecule has 0 aliphatic heterocycles. The number of pyridine rings is 2. The maximum absolute atomic E-state index is 5.32. The third-order valence-electron chi connectivity index (χ3n) is 9.86. The van der Waals surface area contributed by atoms with E-state index in [9.17, 15) is 0 Å². The normalized spacial score (nSPS) is 11.2. The van der Waals surface area contributed by atoms with Gasteiger partial charge in [-0.3, -0.25) is 0 Å². The first kappa shape index (κ1) is 33.2. The van der Waals surface area contributed by atoms with Gasteiger partial charge in [-0.25, -0.2) is 9.97 Å². The standard InChI is InChI=1S/C48H46N2/c1-3-5-7-11-17-35-23-27-39(28-24-35)45-31-41(37-19-13-9-14-20-37)43-34-48-44(33-47(43)49-45)42(38-21-15-10-16-22-38)32-46(50-48)40-29-25-36(26-30-40)18-12-8-6-4-2/h9-10,13-16,19-25,27-29,31-34H,3-8,11-12,17-18H2,1-2H3. The molecule has 2 aromatic heterocycles. The van der Waals surface area contributed by atoms with Crippen LogP contribution in [0, 0.1) is 12.1 Å². The molecule has 0 spiro atoms. The van der Waals surface area contributed by atoms with E-state index in [2.05, 4.69) is 147 Å². The topological polar surface area (TPSA) is 25.8 Å². The van der Waals surface area contributed by atoms with Crippen LogP contribution in [0.1, 0.15) is 76.3 Å². The summed E-state index contributed by atoms with van der Waals surface area (Å²) in [4.78, 5) is 10.6. The van der Waals surface area contributed by atoms with Crippen molar-refractivity contribution in [1.29, 1.82) is 0 Å². The second-order valence-corrected chi connectivity index (χ2v) is 13.6. The zero-order chi connectivity index (χ0) is 34.1. The summed E-state index contributed by atoms with van der Waals surface area (Å²) in [5.74, 6) is 0. The Hall–Kier alpha value is -5.26. The Kier molecular flexibility index (Phi) is 10.6. The molecule has 2 nitrogen and oxygen atoms in total. The molecule has 50 heavy (non-hydrogen) atoms. The van der Waals surface area contributed by atoms with Crippen LogP contribution < -0.4 is 0 Å². The van der Waals surface area contributed by atoms with E-state index < -0.39 is 0 Å². The third kappa shape index (κ3) is 7.64. The molecule has 0 saturated carbocycles. The summed E-state index contributed by atoms with van der Waals surface area (Å²) < 4.78 is 0. The molecule has 0 aliphatic rings. The number of hydrogen-bond donors (Lipinski definition) is 0. The summed E-state index contributed by atoms with van der Waals surface area (Å²) in [7, 11) is 0. The molecule has 2 heterocycles. The fourth-order valence-electron chi connectivity index (χ4n) is 7.00. The van der Waals surface area contributed by atoms with E-state index in [-0.39, 0.29) is 0 Å². The molecule has 0 radical (unpaired) electrons. The van der Waals surface area contributed by atoms with Gasteiger partial charge in [-0.1, -0.05) is 149 Å². The fourth-order valence-corrected chi connectivity index (χ4v) is 7.00. The van der Waals surface area contributed by atoms with Crippen LogP contribution in [0.3, 0.4) is 0 Å². The van der Waals surface area contributed by atoms with Crippen LogP contribution in [0.25, 0.3) is 66.6 Å². The third-order valence-corrected chi connectivity index (χ3v) is 9.86. The maximum Gasteiger partial charge on any atom is 0.0800 e. The van der Waals surface area contributed by atoms with Crippen molar-refractivity contribution >= 4 is 21.8 Å². The first-order chi connectivity index (χ1) is 24.7. The number of nitrogens with zero attached hydrogens (tertiary/aromatic N) is 2. The summed E-state index contributed by atoms with van der Waals surface area (Å²) in [6, 6.07) is 50.6. The number of rotatable bonds is 14. The summed E-state index contributed by atoms with van der Waals surface area (Å²) in [5.41, 5.74) is 13.2. The lowest BCUT2D eigenvalue weighted by atomic mass is 9.94. The van der Waals surface area contributed by atoms with Crippen molar-refractivity contribution in [3.8, 4) is 44.8 Å². The predicted octanol–water partition coefficient (Wildman–Crippen LogP) is 13.3. The van der Waals surface area contributed by atoms with Crippen molar-refractivity contribution in [2.45, 2.75) is 78.1 Å². The minimum Gasteiger partial charge on any atom is -0.248 e. The molecule has 7 rings (SSSR count). The minimum absolute atomic E-state index is 0.908. The van der Waals surface area contributed by atoms with E-state index in [1.165, 1.54) is 68.1 Å². The van der Waals surface area contributed by atoms with Gasteiger partial charge in [0.2, 0.25) is 0 Å². The van der Waals surface area contributed by atoms with Gasteiger partial charge in [0.15, 0.2) is 0 Å². The number of benzene rings is 4. The number of aromatic nitrogens is 2. The maximum atomic E-state index is 5.32. The Morgan fingerprint density at radius 1 is 0.460 bits per heavy atom. The van der Waals surface area contributed by atoms with Gasteiger partial charge < -0.3 is 0 Å². The van der Waals surface area contributed by atoms with Crippen LogP contribution in [0.5, 0.6) is 0 Å². The van der Waals surface area contributed by atoms with Gasteiger partial charge >= 0.3 is 0 Å². The van der Waals surface area contributed by atoms with Crippen molar-refractivity contribution in [1.82, 2.24) is 9.97 Å². The van der Waals surface area contributed by atoms with Gasteiger partial charge in [0, 0.05) is 21.9 Å². The van der Waals surface area contributed by atoms with Crippen molar-refractivity contribution in [3.63, 3.8) is 0 Å². The van der Waals surface area contributed by atoms with E-state index in [1.807, 2.05) is 0 Å². The van der Waals surface area contributed by atoms with E-state index in [4.69, 9.17) is 9.97 Å². The van der Waals surface area contributed by atoms with Gasteiger partial charge in [-0.05, 0) is 89.9 Å². The zero-order valence-electron chi connectivity index (χ0n) is 29.5. The van der Waals surface area contributed by atoms with E-state index in [0.717, 1.165) is 73.9 Å². The summed E-state index contributed by atoms with van der Waals surface area (Å²) in [5, 5.41) is 2.19. The summed E-state index contributed by atoms with van der Waals surface area (Å²) >= 11 is 0. The molecular formula is C48H46N2.